The Morgan fingerprint density at radius 1 is 0.778 bits per heavy atom. The molecule has 0 amide bonds. The van der Waals surface area contributed by atoms with Crippen molar-refractivity contribution < 1.29 is 9.22 Å². The van der Waals surface area contributed by atoms with Crippen molar-refractivity contribution in [2.45, 2.75) is 32.7 Å². The fraction of sp³-hybridized carbons (Fsp3) is 0.208. The Morgan fingerprint density at radius 2 is 1.30 bits per heavy atom. The second kappa shape index (κ2) is 7.53. The SMILES string of the molecule is CC(=O)c1cccc(O[Si](c2ccccc2)(c2ccccc2)C(C)(C)C)c1. The van der Waals surface area contributed by atoms with Crippen molar-refractivity contribution in [2.24, 2.45) is 0 Å². The number of Topliss-reactive ketones (excluding diaryl/α,β-unsaturated/α-hetero) is 1. The van der Waals surface area contributed by atoms with Gasteiger partial charge in [0.1, 0.15) is 5.75 Å². The summed E-state index contributed by atoms with van der Waals surface area (Å²) in [6.45, 7) is 8.32. The van der Waals surface area contributed by atoms with E-state index in [0.29, 0.717) is 5.56 Å². The van der Waals surface area contributed by atoms with Crippen molar-refractivity contribution in [1.82, 2.24) is 0 Å². The summed E-state index contributed by atoms with van der Waals surface area (Å²) < 4.78 is 6.92. The molecule has 0 unspecified atom stereocenters. The van der Waals surface area contributed by atoms with Gasteiger partial charge in [-0.3, -0.25) is 4.79 Å². The molecular formula is C24H26O2Si. The molecule has 0 aliphatic heterocycles. The van der Waals surface area contributed by atoms with Gasteiger partial charge in [0.05, 0.1) is 0 Å². The third-order valence-corrected chi connectivity index (χ3v) is 9.88. The first-order valence-electron chi connectivity index (χ1n) is 9.26. The third kappa shape index (κ3) is 3.74. The number of benzene rings is 3. The lowest BCUT2D eigenvalue weighted by atomic mass is 10.1. The minimum absolute atomic E-state index is 0.0443. The van der Waals surface area contributed by atoms with E-state index in [4.69, 9.17) is 4.43 Å². The molecule has 0 heterocycles. The number of rotatable bonds is 5. The van der Waals surface area contributed by atoms with Gasteiger partial charge >= 0.3 is 8.32 Å². The van der Waals surface area contributed by atoms with E-state index in [1.165, 1.54) is 10.4 Å². The lowest BCUT2D eigenvalue weighted by Gasteiger charge is -2.43. The molecule has 0 bridgehead atoms. The summed E-state index contributed by atoms with van der Waals surface area (Å²) in [7, 11) is -2.66. The second-order valence-electron chi connectivity index (χ2n) is 7.85. The molecule has 3 aromatic rings. The van der Waals surface area contributed by atoms with Crippen LogP contribution in [0.2, 0.25) is 5.04 Å². The van der Waals surface area contributed by atoms with Crippen LogP contribution in [0.25, 0.3) is 0 Å². The van der Waals surface area contributed by atoms with Gasteiger partial charge in [0.2, 0.25) is 0 Å². The number of carbonyl (C=O) groups excluding carboxylic acids is 1. The van der Waals surface area contributed by atoms with E-state index in [1.54, 1.807) is 6.92 Å². The summed E-state index contributed by atoms with van der Waals surface area (Å²) in [5.74, 6) is 0.792. The number of hydrogen-bond donors (Lipinski definition) is 0. The first-order valence-corrected chi connectivity index (χ1v) is 11.2. The largest absolute Gasteiger partial charge is 0.534 e. The molecule has 0 saturated heterocycles. The Balaban J connectivity index is 2.24. The molecular weight excluding hydrogens is 348 g/mol. The van der Waals surface area contributed by atoms with Gasteiger partial charge in [-0.1, -0.05) is 93.6 Å². The van der Waals surface area contributed by atoms with E-state index in [1.807, 2.05) is 36.4 Å². The number of carbonyl (C=O) groups is 1. The average molecular weight is 375 g/mol. The van der Waals surface area contributed by atoms with Gasteiger partial charge in [-0.2, -0.15) is 0 Å². The van der Waals surface area contributed by atoms with E-state index < -0.39 is 8.32 Å². The summed E-state index contributed by atoms with van der Waals surface area (Å²) in [5, 5.41) is 2.33. The van der Waals surface area contributed by atoms with E-state index in [9.17, 15) is 4.79 Å². The molecule has 3 rings (SSSR count). The zero-order valence-electron chi connectivity index (χ0n) is 16.4. The normalized spacial score (nSPS) is 11.9. The maximum Gasteiger partial charge on any atom is 0.319 e. The second-order valence-corrected chi connectivity index (χ2v) is 12.1. The van der Waals surface area contributed by atoms with Crippen LogP contribution in [0.5, 0.6) is 5.75 Å². The third-order valence-electron chi connectivity index (χ3n) is 4.93. The van der Waals surface area contributed by atoms with Crippen LogP contribution in [-0.2, 0) is 0 Å². The minimum Gasteiger partial charge on any atom is -0.534 e. The molecule has 0 aliphatic carbocycles. The van der Waals surface area contributed by atoms with Gasteiger partial charge in [0, 0.05) is 5.56 Å². The van der Waals surface area contributed by atoms with Crippen LogP contribution in [0, 0.1) is 0 Å². The fourth-order valence-corrected chi connectivity index (χ4v) is 8.02. The van der Waals surface area contributed by atoms with Crippen LogP contribution in [0.4, 0.5) is 0 Å². The van der Waals surface area contributed by atoms with Gasteiger partial charge in [-0.15, -0.1) is 0 Å². The molecule has 27 heavy (non-hydrogen) atoms. The number of hydrogen-bond acceptors (Lipinski definition) is 2. The van der Waals surface area contributed by atoms with Crippen molar-refractivity contribution in [1.29, 1.82) is 0 Å². The summed E-state index contributed by atoms with van der Waals surface area (Å²) in [4.78, 5) is 11.9. The predicted octanol–water partition coefficient (Wildman–Crippen LogP) is 4.83. The summed E-state index contributed by atoms with van der Waals surface area (Å²) in [6, 6.07) is 28.6. The van der Waals surface area contributed by atoms with Crippen molar-refractivity contribution in [3.63, 3.8) is 0 Å². The van der Waals surface area contributed by atoms with E-state index in [-0.39, 0.29) is 10.8 Å². The van der Waals surface area contributed by atoms with Crippen LogP contribution in [0.15, 0.2) is 84.9 Å². The molecule has 3 heteroatoms. The first-order chi connectivity index (χ1) is 12.8. The summed E-state index contributed by atoms with van der Waals surface area (Å²) >= 11 is 0. The Hall–Kier alpha value is -2.65. The van der Waals surface area contributed by atoms with Crippen LogP contribution in [0.1, 0.15) is 38.1 Å². The van der Waals surface area contributed by atoms with Gasteiger partial charge in [0.25, 0.3) is 0 Å². The van der Waals surface area contributed by atoms with Crippen molar-refractivity contribution in [3.8, 4) is 5.75 Å². The Kier molecular flexibility index (Phi) is 5.33. The van der Waals surface area contributed by atoms with Crippen LogP contribution in [0.3, 0.4) is 0 Å². The predicted molar refractivity (Wildman–Crippen MR) is 115 cm³/mol. The highest BCUT2D eigenvalue weighted by atomic mass is 28.4. The Labute approximate surface area is 163 Å². The highest BCUT2D eigenvalue weighted by molar-refractivity contribution is 7.00. The van der Waals surface area contributed by atoms with Crippen LogP contribution < -0.4 is 14.8 Å². The molecule has 0 N–H and O–H groups in total. The number of ketones is 1. The molecule has 0 atom stereocenters. The van der Waals surface area contributed by atoms with E-state index >= 15 is 0 Å². The molecule has 0 radical (unpaired) electrons. The highest BCUT2D eigenvalue weighted by Crippen LogP contribution is 2.37. The van der Waals surface area contributed by atoms with Crippen molar-refractivity contribution in [2.75, 3.05) is 0 Å². The van der Waals surface area contributed by atoms with Gasteiger partial charge < -0.3 is 4.43 Å². The van der Waals surface area contributed by atoms with Crippen molar-refractivity contribution in [3.05, 3.63) is 90.5 Å². The first kappa shape index (κ1) is 19.1. The molecule has 0 saturated carbocycles. The van der Waals surface area contributed by atoms with Crippen LogP contribution in [-0.4, -0.2) is 14.1 Å². The zero-order valence-corrected chi connectivity index (χ0v) is 17.4. The smallest absolute Gasteiger partial charge is 0.319 e. The maximum atomic E-state index is 11.9. The van der Waals surface area contributed by atoms with Gasteiger partial charge in [0.15, 0.2) is 5.78 Å². The fourth-order valence-electron chi connectivity index (χ4n) is 3.60. The molecule has 0 aliphatic rings. The van der Waals surface area contributed by atoms with E-state index in [2.05, 4.69) is 69.3 Å². The monoisotopic (exact) mass is 374 g/mol. The van der Waals surface area contributed by atoms with Gasteiger partial charge in [-0.05, 0) is 34.5 Å². The molecule has 0 fully saturated rings. The summed E-state index contributed by atoms with van der Waals surface area (Å²) in [5.41, 5.74) is 0.672. The Bertz CT molecular complexity index is 872. The molecule has 0 aromatic heterocycles. The van der Waals surface area contributed by atoms with Crippen LogP contribution >= 0.6 is 0 Å². The topological polar surface area (TPSA) is 26.3 Å². The molecule has 2 nitrogen and oxygen atoms in total. The lowest BCUT2D eigenvalue weighted by Crippen LogP contribution is -2.68. The van der Waals surface area contributed by atoms with Crippen molar-refractivity contribution >= 4 is 24.5 Å². The van der Waals surface area contributed by atoms with Gasteiger partial charge in [-0.25, -0.2) is 0 Å². The highest BCUT2D eigenvalue weighted by Gasteiger charge is 2.52. The maximum absolute atomic E-state index is 11.9. The lowest BCUT2D eigenvalue weighted by molar-refractivity contribution is 0.101. The molecule has 138 valence electrons. The Morgan fingerprint density at radius 3 is 1.74 bits per heavy atom. The summed E-state index contributed by atoms with van der Waals surface area (Å²) in [6.07, 6.45) is 0. The quantitative estimate of drug-likeness (QED) is 0.472. The molecule has 0 spiro atoms. The standard InChI is InChI=1S/C24H26O2Si/c1-19(25)20-12-11-13-21(18-20)26-27(24(2,3)4,22-14-7-5-8-15-22)23-16-9-6-10-17-23/h5-18H,1-4H3. The minimum atomic E-state index is -2.66. The molecule has 3 aromatic carbocycles. The van der Waals surface area contributed by atoms with E-state index in [0.717, 1.165) is 5.75 Å². The average Bonchev–Trinajstić information content (AvgIpc) is 2.66. The zero-order chi connectivity index (χ0) is 19.5.